The van der Waals surface area contributed by atoms with Crippen LogP contribution in [0.5, 0.6) is 0 Å². The van der Waals surface area contributed by atoms with Gasteiger partial charge in [-0.25, -0.2) is 0 Å². The van der Waals surface area contributed by atoms with E-state index in [1.807, 2.05) is 23.1 Å². The fourth-order valence-electron chi connectivity index (χ4n) is 5.30. The second-order valence-corrected chi connectivity index (χ2v) is 9.45. The number of benzene rings is 2. The fourth-order valence-corrected chi connectivity index (χ4v) is 5.30. The van der Waals surface area contributed by atoms with E-state index in [1.54, 1.807) is 0 Å². The van der Waals surface area contributed by atoms with Crippen LogP contribution in [-0.2, 0) is 16.0 Å². The molecule has 1 amide bonds. The lowest BCUT2D eigenvalue weighted by molar-refractivity contribution is -0.171. The van der Waals surface area contributed by atoms with Crippen LogP contribution in [0.2, 0.25) is 0 Å². The molecular formula is C26H32N2O2. The summed E-state index contributed by atoms with van der Waals surface area (Å²) < 4.78 is 6.62. The first-order valence-corrected chi connectivity index (χ1v) is 11.4. The number of morpholine rings is 1. The number of rotatable bonds is 5. The topological polar surface area (TPSA) is 32.8 Å². The number of carbonyl (C=O) groups is 1. The average Bonchev–Trinajstić information content (AvgIpc) is 3.56. The molecule has 30 heavy (non-hydrogen) atoms. The van der Waals surface area contributed by atoms with Gasteiger partial charge in [0.15, 0.2) is 0 Å². The van der Waals surface area contributed by atoms with Gasteiger partial charge in [-0.2, -0.15) is 0 Å². The zero-order chi connectivity index (χ0) is 20.6. The van der Waals surface area contributed by atoms with Crippen LogP contribution in [0.25, 0.3) is 0 Å². The van der Waals surface area contributed by atoms with Gasteiger partial charge in [0.05, 0.1) is 12.1 Å². The summed E-state index contributed by atoms with van der Waals surface area (Å²) >= 11 is 0. The largest absolute Gasteiger partial charge is 0.357 e. The molecule has 3 fully saturated rings. The molecule has 1 aliphatic heterocycles. The zero-order valence-electron chi connectivity index (χ0n) is 17.9. The van der Waals surface area contributed by atoms with Crippen LogP contribution in [0.4, 0.5) is 5.69 Å². The number of anilines is 1. The van der Waals surface area contributed by atoms with E-state index in [-0.39, 0.29) is 11.5 Å². The molecule has 2 aliphatic carbocycles. The number of ether oxygens (including phenoxy) is 1. The van der Waals surface area contributed by atoms with Crippen molar-refractivity contribution in [1.29, 1.82) is 0 Å². The van der Waals surface area contributed by atoms with E-state index >= 15 is 0 Å². The lowest BCUT2D eigenvalue weighted by atomic mass is 9.79. The SMILES string of the molecule is CN(CCc1ccccc1)[C@H]1CC[C@@]2(CC1)CN(c1ccccc1)C(=O)C1(CC1)O2. The minimum atomic E-state index is -0.542. The predicted octanol–water partition coefficient (Wildman–Crippen LogP) is 4.44. The molecule has 0 bridgehead atoms. The molecule has 0 N–H and O–H groups in total. The number of nitrogens with zero attached hydrogens (tertiary/aromatic N) is 2. The molecule has 4 heteroatoms. The molecule has 4 nitrogen and oxygen atoms in total. The highest BCUT2D eigenvalue weighted by molar-refractivity contribution is 6.02. The zero-order valence-corrected chi connectivity index (χ0v) is 17.9. The van der Waals surface area contributed by atoms with Crippen molar-refractivity contribution in [3.05, 3.63) is 66.2 Å². The maximum atomic E-state index is 13.1. The summed E-state index contributed by atoms with van der Waals surface area (Å²) in [5, 5.41) is 0. The van der Waals surface area contributed by atoms with Crippen molar-refractivity contribution in [1.82, 2.24) is 4.90 Å². The molecule has 1 heterocycles. The lowest BCUT2D eigenvalue weighted by Crippen LogP contribution is -2.62. The minimum Gasteiger partial charge on any atom is -0.357 e. The molecule has 2 aromatic rings. The Morgan fingerprint density at radius 3 is 2.23 bits per heavy atom. The molecule has 0 aromatic heterocycles. The Balaban J connectivity index is 1.24. The molecule has 3 aliphatic rings. The van der Waals surface area contributed by atoms with Gasteiger partial charge in [-0.3, -0.25) is 4.79 Å². The molecule has 1 saturated heterocycles. The van der Waals surface area contributed by atoms with Gasteiger partial charge in [-0.05, 0) is 69.7 Å². The molecule has 0 atom stereocenters. The Morgan fingerprint density at radius 1 is 0.967 bits per heavy atom. The number of hydrogen-bond donors (Lipinski definition) is 0. The summed E-state index contributed by atoms with van der Waals surface area (Å²) in [6, 6.07) is 21.5. The Bertz CT molecular complexity index is 870. The Labute approximate surface area is 179 Å². The van der Waals surface area contributed by atoms with Gasteiger partial charge in [0.25, 0.3) is 5.91 Å². The molecule has 0 radical (unpaired) electrons. The molecule has 5 rings (SSSR count). The molecular weight excluding hydrogens is 372 g/mol. The normalized spacial score (nSPS) is 27.7. The minimum absolute atomic E-state index is 0.168. The molecule has 158 valence electrons. The van der Waals surface area contributed by atoms with E-state index in [9.17, 15) is 4.79 Å². The van der Waals surface area contributed by atoms with Crippen molar-refractivity contribution in [3.8, 4) is 0 Å². The Hall–Kier alpha value is -2.17. The number of amides is 1. The predicted molar refractivity (Wildman–Crippen MR) is 120 cm³/mol. The van der Waals surface area contributed by atoms with Gasteiger partial charge in [0.1, 0.15) is 5.60 Å². The van der Waals surface area contributed by atoms with E-state index < -0.39 is 5.60 Å². The Kier molecular flexibility index (Phi) is 5.16. The van der Waals surface area contributed by atoms with Crippen LogP contribution in [0.1, 0.15) is 44.1 Å². The monoisotopic (exact) mass is 404 g/mol. The van der Waals surface area contributed by atoms with Crippen LogP contribution in [0.15, 0.2) is 60.7 Å². The van der Waals surface area contributed by atoms with Gasteiger partial charge in [-0.15, -0.1) is 0 Å². The van der Waals surface area contributed by atoms with Crippen molar-refractivity contribution >= 4 is 11.6 Å². The van der Waals surface area contributed by atoms with Crippen molar-refractivity contribution in [2.24, 2.45) is 0 Å². The number of para-hydroxylation sites is 1. The van der Waals surface area contributed by atoms with Gasteiger partial charge in [0, 0.05) is 18.3 Å². The molecule has 2 saturated carbocycles. The molecule has 2 spiro atoms. The van der Waals surface area contributed by atoms with Crippen molar-refractivity contribution < 1.29 is 9.53 Å². The smallest absolute Gasteiger partial charge is 0.259 e. The quantitative estimate of drug-likeness (QED) is 0.739. The van der Waals surface area contributed by atoms with Crippen molar-refractivity contribution in [2.75, 3.05) is 25.0 Å². The highest BCUT2D eigenvalue weighted by atomic mass is 16.5. The first kappa shape index (κ1) is 19.8. The van der Waals surface area contributed by atoms with Gasteiger partial charge in [-0.1, -0.05) is 48.5 Å². The second kappa shape index (κ2) is 7.82. The van der Waals surface area contributed by atoms with E-state index in [4.69, 9.17) is 4.74 Å². The van der Waals surface area contributed by atoms with E-state index in [2.05, 4.69) is 54.4 Å². The number of hydrogen-bond acceptors (Lipinski definition) is 3. The van der Waals surface area contributed by atoms with Crippen LogP contribution in [0.3, 0.4) is 0 Å². The Morgan fingerprint density at radius 2 is 1.60 bits per heavy atom. The summed E-state index contributed by atoms with van der Waals surface area (Å²) in [4.78, 5) is 17.7. The fraction of sp³-hybridized carbons (Fsp3) is 0.500. The first-order valence-electron chi connectivity index (χ1n) is 11.4. The third-order valence-corrected chi connectivity index (χ3v) is 7.35. The third-order valence-electron chi connectivity index (χ3n) is 7.35. The van der Waals surface area contributed by atoms with Gasteiger partial charge >= 0.3 is 0 Å². The van der Waals surface area contributed by atoms with Crippen LogP contribution in [-0.4, -0.2) is 48.2 Å². The number of likely N-dealkylation sites (N-methyl/N-ethyl adjacent to an activating group) is 1. The van der Waals surface area contributed by atoms with Crippen LogP contribution >= 0.6 is 0 Å². The van der Waals surface area contributed by atoms with E-state index in [1.165, 1.54) is 5.56 Å². The van der Waals surface area contributed by atoms with Crippen LogP contribution < -0.4 is 4.90 Å². The maximum Gasteiger partial charge on any atom is 0.259 e. The maximum absolute atomic E-state index is 13.1. The second-order valence-electron chi connectivity index (χ2n) is 9.45. The third kappa shape index (κ3) is 3.79. The lowest BCUT2D eigenvalue weighted by Gasteiger charge is -2.50. The average molecular weight is 405 g/mol. The molecule has 2 aromatic carbocycles. The summed E-state index contributed by atoms with van der Waals surface area (Å²) in [5.41, 5.74) is 1.69. The van der Waals surface area contributed by atoms with Gasteiger partial charge < -0.3 is 14.5 Å². The summed E-state index contributed by atoms with van der Waals surface area (Å²) in [5.74, 6) is 0.168. The number of carbonyl (C=O) groups excluding carboxylic acids is 1. The van der Waals surface area contributed by atoms with Crippen molar-refractivity contribution in [2.45, 2.75) is 62.2 Å². The van der Waals surface area contributed by atoms with Crippen molar-refractivity contribution in [3.63, 3.8) is 0 Å². The highest BCUT2D eigenvalue weighted by Gasteiger charge is 2.62. The first-order chi connectivity index (χ1) is 14.6. The summed E-state index contributed by atoms with van der Waals surface area (Å²) in [6.07, 6.45) is 7.18. The highest BCUT2D eigenvalue weighted by Crippen LogP contribution is 2.51. The summed E-state index contributed by atoms with van der Waals surface area (Å²) in [7, 11) is 2.26. The van der Waals surface area contributed by atoms with Gasteiger partial charge in [0.2, 0.25) is 0 Å². The van der Waals surface area contributed by atoms with Crippen LogP contribution in [0, 0.1) is 0 Å². The summed E-state index contributed by atoms with van der Waals surface area (Å²) in [6.45, 7) is 1.78. The standard InChI is InChI=1S/C26H32N2O2/c1-27(19-14-21-8-4-2-5-9-21)22-12-15-25(16-13-22)20-28(23-10-6-3-7-11-23)24(29)26(30-25)17-18-26/h2-11,22H,12-20H2,1H3/t22-,25+. The molecule has 0 unspecified atom stereocenters. The van der Waals surface area contributed by atoms with E-state index in [0.717, 1.165) is 57.2 Å². The van der Waals surface area contributed by atoms with E-state index in [0.29, 0.717) is 12.6 Å².